The summed E-state index contributed by atoms with van der Waals surface area (Å²) in [5, 5.41) is 0. The molecule has 0 radical (unpaired) electrons. The van der Waals surface area contributed by atoms with Gasteiger partial charge in [0.05, 0.1) is 11.6 Å². The lowest BCUT2D eigenvalue weighted by molar-refractivity contribution is -0.137. The van der Waals surface area contributed by atoms with E-state index in [9.17, 15) is 13.2 Å². The highest BCUT2D eigenvalue weighted by Gasteiger charge is 2.31. The van der Waals surface area contributed by atoms with Crippen LogP contribution >= 0.6 is 0 Å². The molecule has 116 valence electrons. The number of halogens is 3. The van der Waals surface area contributed by atoms with Gasteiger partial charge < -0.3 is 4.90 Å². The van der Waals surface area contributed by atoms with Gasteiger partial charge in [0.15, 0.2) is 0 Å². The van der Waals surface area contributed by atoms with Crippen molar-refractivity contribution in [2.45, 2.75) is 31.5 Å². The molecule has 1 unspecified atom stereocenters. The smallest absolute Gasteiger partial charge is 0.364 e. The Morgan fingerprint density at radius 3 is 2.18 bits per heavy atom. The highest BCUT2D eigenvalue weighted by Crippen LogP contribution is 2.36. The average molecular weight is 305 g/mol. The minimum Gasteiger partial charge on any atom is -0.364 e. The van der Waals surface area contributed by atoms with Gasteiger partial charge in [-0.15, -0.1) is 0 Å². The molecule has 1 aliphatic rings. The monoisotopic (exact) mass is 305 g/mol. The molecule has 22 heavy (non-hydrogen) atoms. The molecular formula is C18H18F3N. The summed E-state index contributed by atoms with van der Waals surface area (Å²) in [6.45, 7) is 0.880. The zero-order valence-electron chi connectivity index (χ0n) is 12.2. The number of piperidine rings is 1. The Morgan fingerprint density at radius 1 is 0.864 bits per heavy atom. The maximum Gasteiger partial charge on any atom is 0.416 e. The van der Waals surface area contributed by atoms with Crippen molar-refractivity contribution in [3.63, 3.8) is 0 Å². The predicted molar refractivity (Wildman–Crippen MR) is 81.8 cm³/mol. The molecule has 1 saturated heterocycles. The number of nitrogens with zero attached hydrogens (tertiary/aromatic N) is 1. The van der Waals surface area contributed by atoms with Crippen LogP contribution in [-0.4, -0.2) is 6.54 Å². The molecule has 0 N–H and O–H groups in total. The number of benzene rings is 2. The van der Waals surface area contributed by atoms with E-state index in [4.69, 9.17) is 0 Å². The Balaban J connectivity index is 1.88. The summed E-state index contributed by atoms with van der Waals surface area (Å²) in [5.74, 6) is 0. The van der Waals surface area contributed by atoms with Crippen LogP contribution in [0.4, 0.5) is 18.9 Å². The fourth-order valence-electron chi connectivity index (χ4n) is 3.10. The van der Waals surface area contributed by atoms with Crippen molar-refractivity contribution < 1.29 is 13.2 Å². The molecule has 0 saturated carbocycles. The summed E-state index contributed by atoms with van der Waals surface area (Å²) >= 11 is 0. The maximum atomic E-state index is 12.7. The second kappa shape index (κ2) is 6.03. The van der Waals surface area contributed by atoms with E-state index in [0.29, 0.717) is 0 Å². The molecule has 0 bridgehead atoms. The van der Waals surface area contributed by atoms with Crippen LogP contribution in [0.15, 0.2) is 54.6 Å². The highest BCUT2D eigenvalue weighted by molar-refractivity contribution is 5.51. The second-order valence-corrected chi connectivity index (χ2v) is 5.66. The minimum absolute atomic E-state index is 0.242. The van der Waals surface area contributed by atoms with E-state index < -0.39 is 11.7 Å². The molecule has 2 aromatic rings. The molecule has 3 rings (SSSR count). The molecule has 0 spiro atoms. The minimum atomic E-state index is -4.28. The Labute approximate surface area is 128 Å². The summed E-state index contributed by atoms with van der Waals surface area (Å²) in [4.78, 5) is 2.22. The van der Waals surface area contributed by atoms with Crippen molar-refractivity contribution in [1.29, 1.82) is 0 Å². The number of rotatable bonds is 2. The number of hydrogen-bond donors (Lipinski definition) is 0. The molecule has 1 heterocycles. The van der Waals surface area contributed by atoms with Gasteiger partial charge in [-0.2, -0.15) is 13.2 Å². The van der Waals surface area contributed by atoms with Crippen LogP contribution in [0, 0.1) is 0 Å². The van der Waals surface area contributed by atoms with Gasteiger partial charge >= 0.3 is 6.18 Å². The van der Waals surface area contributed by atoms with Crippen LogP contribution < -0.4 is 4.90 Å². The summed E-state index contributed by atoms with van der Waals surface area (Å²) in [7, 11) is 0. The first-order chi connectivity index (χ1) is 10.6. The fraction of sp³-hybridized carbons (Fsp3) is 0.333. The van der Waals surface area contributed by atoms with Crippen molar-refractivity contribution in [2.75, 3.05) is 11.4 Å². The normalized spacial score (nSPS) is 19.2. The van der Waals surface area contributed by atoms with Crippen LogP contribution in [0.3, 0.4) is 0 Å². The zero-order valence-corrected chi connectivity index (χ0v) is 12.2. The third-order valence-corrected chi connectivity index (χ3v) is 4.21. The first-order valence-electron chi connectivity index (χ1n) is 7.54. The Kier molecular flexibility index (Phi) is 4.10. The van der Waals surface area contributed by atoms with Crippen LogP contribution in [0.25, 0.3) is 0 Å². The lowest BCUT2D eigenvalue weighted by Gasteiger charge is -2.38. The van der Waals surface area contributed by atoms with Crippen molar-refractivity contribution >= 4 is 5.69 Å². The number of alkyl halides is 3. The summed E-state index contributed by atoms with van der Waals surface area (Å²) in [6.07, 6.45) is -1.02. The van der Waals surface area contributed by atoms with E-state index in [2.05, 4.69) is 17.0 Å². The Hall–Kier alpha value is -1.97. The largest absolute Gasteiger partial charge is 0.416 e. The molecule has 1 fully saturated rings. The topological polar surface area (TPSA) is 3.24 Å². The quantitative estimate of drug-likeness (QED) is 0.714. The van der Waals surface area contributed by atoms with Gasteiger partial charge in [0.1, 0.15) is 0 Å². The molecule has 1 atom stereocenters. The molecule has 0 aromatic heterocycles. The van der Waals surface area contributed by atoms with Gasteiger partial charge in [-0.1, -0.05) is 30.3 Å². The molecule has 0 aliphatic carbocycles. The number of hydrogen-bond acceptors (Lipinski definition) is 1. The fourth-order valence-corrected chi connectivity index (χ4v) is 3.10. The van der Waals surface area contributed by atoms with Crippen LogP contribution in [0.2, 0.25) is 0 Å². The molecule has 0 amide bonds. The van der Waals surface area contributed by atoms with Gasteiger partial charge in [-0.25, -0.2) is 0 Å². The van der Waals surface area contributed by atoms with Gasteiger partial charge in [-0.05, 0) is 49.1 Å². The van der Waals surface area contributed by atoms with E-state index >= 15 is 0 Å². The van der Waals surface area contributed by atoms with Crippen molar-refractivity contribution in [3.05, 3.63) is 65.7 Å². The molecular weight excluding hydrogens is 287 g/mol. The Morgan fingerprint density at radius 2 is 1.55 bits per heavy atom. The summed E-state index contributed by atoms with van der Waals surface area (Å²) < 4.78 is 38.1. The molecule has 2 aromatic carbocycles. The maximum absolute atomic E-state index is 12.7. The standard InChI is InChI=1S/C18H18F3N/c19-18(20,21)15-9-11-16(12-10-15)22-13-5-4-8-17(22)14-6-2-1-3-7-14/h1-3,6-7,9-12,17H,4-5,8,13H2. The van der Waals surface area contributed by atoms with Crippen molar-refractivity contribution in [2.24, 2.45) is 0 Å². The van der Waals surface area contributed by atoms with Crippen LogP contribution in [0.5, 0.6) is 0 Å². The van der Waals surface area contributed by atoms with Gasteiger partial charge in [0.2, 0.25) is 0 Å². The van der Waals surface area contributed by atoms with E-state index in [1.807, 2.05) is 18.2 Å². The first-order valence-corrected chi connectivity index (χ1v) is 7.54. The first kappa shape index (κ1) is 14.9. The van der Waals surface area contributed by atoms with Crippen molar-refractivity contribution in [1.82, 2.24) is 0 Å². The lowest BCUT2D eigenvalue weighted by atomic mass is 9.94. The van der Waals surface area contributed by atoms with E-state index in [1.165, 1.54) is 17.7 Å². The van der Waals surface area contributed by atoms with Gasteiger partial charge in [0, 0.05) is 12.2 Å². The van der Waals surface area contributed by atoms with Crippen LogP contribution in [-0.2, 0) is 6.18 Å². The lowest BCUT2D eigenvalue weighted by Crippen LogP contribution is -2.33. The molecule has 1 aliphatic heterocycles. The van der Waals surface area contributed by atoms with Gasteiger partial charge in [-0.3, -0.25) is 0 Å². The van der Waals surface area contributed by atoms with E-state index in [1.54, 1.807) is 12.1 Å². The average Bonchev–Trinajstić information content (AvgIpc) is 2.55. The van der Waals surface area contributed by atoms with E-state index in [-0.39, 0.29) is 6.04 Å². The second-order valence-electron chi connectivity index (χ2n) is 5.66. The highest BCUT2D eigenvalue weighted by atomic mass is 19.4. The molecule has 4 heteroatoms. The van der Waals surface area contributed by atoms with Crippen LogP contribution in [0.1, 0.15) is 36.4 Å². The molecule has 1 nitrogen and oxygen atoms in total. The third-order valence-electron chi connectivity index (χ3n) is 4.21. The number of anilines is 1. The predicted octanol–water partition coefficient (Wildman–Crippen LogP) is 5.44. The third kappa shape index (κ3) is 3.11. The Bertz CT molecular complexity index is 604. The van der Waals surface area contributed by atoms with E-state index in [0.717, 1.165) is 31.5 Å². The SMILES string of the molecule is FC(F)(F)c1ccc(N2CCCCC2c2ccccc2)cc1. The zero-order chi connectivity index (χ0) is 15.6. The van der Waals surface area contributed by atoms with Gasteiger partial charge in [0.25, 0.3) is 0 Å². The summed E-state index contributed by atoms with van der Waals surface area (Å²) in [6, 6.07) is 15.9. The van der Waals surface area contributed by atoms with Crippen molar-refractivity contribution in [3.8, 4) is 0 Å². The summed E-state index contributed by atoms with van der Waals surface area (Å²) in [5.41, 5.74) is 1.49.